The maximum absolute atomic E-state index is 12.0. The van der Waals surface area contributed by atoms with Gasteiger partial charge in [-0.25, -0.2) is 4.79 Å². The third kappa shape index (κ3) is 5.80. The first-order chi connectivity index (χ1) is 11.8. The number of rotatable bonds is 7. The lowest BCUT2D eigenvalue weighted by molar-refractivity contribution is -0.142. The monoisotopic (exact) mass is 410 g/mol. The van der Waals surface area contributed by atoms with Crippen molar-refractivity contribution in [3.8, 4) is 17.6 Å². The molecule has 0 aliphatic heterocycles. The number of likely N-dealkylation sites (N-methyl/N-ethyl adjacent to an activating group) is 1. The number of halogens is 1. The van der Waals surface area contributed by atoms with E-state index in [1.807, 2.05) is 6.07 Å². The van der Waals surface area contributed by atoms with Crippen molar-refractivity contribution in [2.24, 2.45) is 0 Å². The van der Waals surface area contributed by atoms with Crippen LogP contribution in [0.25, 0.3) is 6.08 Å². The number of hydrogen-bond donors (Lipinski definition) is 0. The van der Waals surface area contributed by atoms with Gasteiger partial charge < -0.3 is 19.1 Å². The third-order valence-corrected chi connectivity index (χ3v) is 3.68. The van der Waals surface area contributed by atoms with Crippen molar-refractivity contribution in [2.75, 3.05) is 34.4 Å². The van der Waals surface area contributed by atoms with E-state index in [-0.39, 0.29) is 12.2 Å². The minimum absolute atomic E-state index is 0.0172. The standard InChI is InChI=1S/C17H19BrN2O5/c1-5-24-14-7-11(6-12(9-19)17(22)20(2)3)13(18)8-15(14)25-10-16(21)23-4/h6-8H,5,10H2,1-4H3/b12-6-. The Balaban J connectivity index is 3.26. The summed E-state index contributed by atoms with van der Waals surface area (Å²) in [7, 11) is 4.40. The number of ether oxygens (including phenoxy) is 3. The van der Waals surface area contributed by atoms with Gasteiger partial charge in [0, 0.05) is 18.6 Å². The fourth-order valence-electron chi connectivity index (χ4n) is 1.78. The van der Waals surface area contributed by atoms with Crippen LogP contribution in [0.5, 0.6) is 11.5 Å². The van der Waals surface area contributed by atoms with Crippen molar-refractivity contribution in [3.63, 3.8) is 0 Å². The van der Waals surface area contributed by atoms with Crippen molar-refractivity contribution in [2.45, 2.75) is 6.92 Å². The molecule has 7 nitrogen and oxygen atoms in total. The summed E-state index contributed by atoms with van der Waals surface area (Å²) >= 11 is 3.37. The highest BCUT2D eigenvalue weighted by molar-refractivity contribution is 9.10. The average Bonchev–Trinajstić information content (AvgIpc) is 2.59. The van der Waals surface area contributed by atoms with E-state index in [9.17, 15) is 14.9 Å². The lowest BCUT2D eigenvalue weighted by Gasteiger charge is -2.14. The number of nitrogens with zero attached hydrogens (tertiary/aromatic N) is 2. The largest absolute Gasteiger partial charge is 0.490 e. The molecule has 0 spiro atoms. The van der Waals surface area contributed by atoms with Gasteiger partial charge in [0.15, 0.2) is 18.1 Å². The topological polar surface area (TPSA) is 88.9 Å². The van der Waals surface area contributed by atoms with E-state index in [0.29, 0.717) is 28.1 Å². The molecule has 0 bridgehead atoms. The molecular formula is C17H19BrN2O5. The van der Waals surface area contributed by atoms with Crippen molar-refractivity contribution < 1.29 is 23.8 Å². The number of nitriles is 1. The molecule has 1 aromatic rings. The Morgan fingerprint density at radius 2 is 1.92 bits per heavy atom. The molecule has 0 aliphatic rings. The van der Waals surface area contributed by atoms with E-state index in [1.54, 1.807) is 33.2 Å². The fourth-order valence-corrected chi connectivity index (χ4v) is 2.21. The second-order valence-corrected chi connectivity index (χ2v) is 5.84. The van der Waals surface area contributed by atoms with E-state index in [1.165, 1.54) is 18.1 Å². The van der Waals surface area contributed by atoms with Gasteiger partial charge in [-0.2, -0.15) is 5.26 Å². The number of methoxy groups -OCH3 is 1. The zero-order chi connectivity index (χ0) is 19.0. The summed E-state index contributed by atoms with van der Waals surface area (Å²) in [6, 6.07) is 5.12. The molecule has 0 heterocycles. The van der Waals surface area contributed by atoms with Crippen LogP contribution in [0.4, 0.5) is 0 Å². The SMILES string of the molecule is CCOc1cc(/C=C(/C#N)C(=O)N(C)C)c(Br)cc1OCC(=O)OC. The number of esters is 1. The first-order valence-electron chi connectivity index (χ1n) is 7.33. The van der Waals surface area contributed by atoms with Crippen molar-refractivity contribution in [1.29, 1.82) is 5.26 Å². The fraction of sp³-hybridized carbons (Fsp3) is 0.353. The Kier molecular flexibility index (Phi) is 7.95. The van der Waals surface area contributed by atoms with Gasteiger partial charge in [-0.05, 0) is 30.7 Å². The molecule has 0 saturated carbocycles. The smallest absolute Gasteiger partial charge is 0.343 e. The molecule has 0 radical (unpaired) electrons. The Hall–Kier alpha value is -2.53. The highest BCUT2D eigenvalue weighted by Crippen LogP contribution is 2.35. The normalized spacial score (nSPS) is 10.6. The molecule has 0 aromatic heterocycles. The van der Waals surface area contributed by atoms with Crippen LogP contribution >= 0.6 is 15.9 Å². The molecule has 8 heteroatoms. The van der Waals surface area contributed by atoms with E-state index >= 15 is 0 Å². The Morgan fingerprint density at radius 3 is 2.44 bits per heavy atom. The van der Waals surface area contributed by atoms with Gasteiger partial charge in [0.1, 0.15) is 11.6 Å². The lowest BCUT2D eigenvalue weighted by atomic mass is 10.1. The summed E-state index contributed by atoms with van der Waals surface area (Å²) in [6.07, 6.45) is 1.46. The lowest BCUT2D eigenvalue weighted by Crippen LogP contribution is -2.22. The van der Waals surface area contributed by atoms with Crippen LogP contribution in [0.15, 0.2) is 22.2 Å². The number of hydrogen-bond acceptors (Lipinski definition) is 6. The highest BCUT2D eigenvalue weighted by Gasteiger charge is 2.15. The zero-order valence-electron chi connectivity index (χ0n) is 14.5. The number of amides is 1. The van der Waals surface area contributed by atoms with Crippen molar-refractivity contribution in [1.82, 2.24) is 4.90 Å². The minimum atomic E-state index is -0.522. The van der Waals surface area contributed by atoms with Crippen LogP contribution in [-0.4, -0.2) is 51.2 Å². The molecule has 1 rings (SSSR count). The van der Waals surface area contributed by atoms with E-state index in [0.717, 1.165) is 0 Å². The molecule has 0 unspecified atom stereocenters. The average molecular weight is 411 g/mol. The van der Waals surface area contributed by atoms with Crippen LogP contribution in [0.3, 0.4) is 0 Å². The summed E-state index contributed by atoms with van der Waals surface area (Å²) in [6.45, 7) is 1.92. The summed E-state index contributed by atoms with van der Waals surface area (Å²) in [5.41, 5.74) is 0.553. The van der Waals surface area contributed by atoms with E-state index in [4.69, 9.17) is 9.47 Å². The Bertz CT molecular complexity index is 722. The quantitative estimate of drug-likeness (QED) is 0.389. The predicted octanol–water partition coefficient (Wildman–Crippen LogP) is 2.39. The molecule has 0 atom stereocenters. The second-order valence-electron chi connectivity index (χ2n) is 4.99. The minimum Gasteiger partial charge on any atom is -0.490 e. The van der Waals surface area contributed by atoms with E-state index < -0.39 is 11.9 Å². The zero-order valence-corrected chi connectivity index (χ0v) is 16.0. The van der Waals surface area contributed by atoms with Gasteiger partial charge in [0.05, 0.1) is 13.7 Å². The number of benzene rings is 1. The Morgan fingerprint density at radius 1 is 1.28 bits per heavy atom. The van der Waals surface area contributed by atoms with Crippen molar-refractivity contribution in [3.05, 3.63) is 27.7 Å². The Labute approximate surface area is 154 Å². The van der Waals surface area contributed by atoms with Crippen LogP contribution < -0.4 is 9.47 Å². The van der Waals surface area contributed by atoms with Gasteiger partial charge >= 0.3 is 5.97 Å². The summed E-state index contributed by atoms with van der Waals surface area (Å²) in [4.78, 5) is 24.6. The molecule has 0 fully saturated rings. The van der Waals surface area contributed by atoms with Gasteiger partial charge in [-0.15, -0.1) is 0 Å². The van der Waals surface area contributed by atoms with Crippen LogP contribution in [-0.2, 0) is 14.3 Å². The van der Waals surface area contributed by atoms with Crippen LogP contribution in [0.1, 0.15) is 12.5 Å². The summed E-state index contributed by atoms with van der Waals surface area (Å²) in [5, 5.41) is 9.21. The molecule has 25 heavy (non-hydrogen) atoms. The van der Waals surface area contributed by atoms with Gasteiger partial charge in [-0.3, -0.25) is 4.79 Å². The highest BCUT2D eigenvalue weighted by atomic mass is 79.9. The molecule has 1 aromatic carbocycles. The van der Waals surface area contributed by atoms with Gasteiger partial charge in [-0.1, -0.05) is 15.9 Å². The number of carbonyl (C=O) groups is 2. The maximum Gasteiger partial charge on any atom is 0.343 e. The summed E-state index contributed by atoms with van der Waals surface area (Å²) < 4.78 is 16.0. The van der Waals surface area contributed by atoms with Crippen LogP contribution in [0.2, 0.25) is 0 Å². The van der Waals surface area contributed by atoms with E-state index in [2.05, 4.69) is 20.7 Å². The van der Waals surface area contributed by atoms with Crippen molar-refractivity contribution >= 4 is 33.9 Å². The predicted molar refractivity (Wildman–Crippen MR) is 95.1 cm³/mol. The molecule has 134 valence electrons. The molecule has 0 N–H and O–H groups in total. The molecule has 1 amide bonds. The molecular weight excluding hydrogens is 392 g/mol. The summed E-state index contributed by atoms with van der Waals surface area (Å²) in [5.74, 6) is -0.201. The molecule has 0 saturated heterocycles. The van der Waals surface area contributed by atoms with Gasteiger partial charge in [0.25, 0.3) is 5.91 Å². The number of carbonyl (C=O) groups excluding carboxylic acids is 2. The van der Waals surface area contributed by atoms with Crippen LogP contribution in [0, 0.1) is 11.3 Å². The first-order valence-corrected chi connectivity index (χ1v) is 8.12. The van der Waals surface area contributed by atoms with Gasteiger partial charge in [0.2, 0.25) is 0 Å². The maximum atomic E-state index is 12.0. The second kappa shape index (κ2) is 9.69. The first kappa shape index (κ1) is 20.5. The molecule has 0 aliphatic carbocycles. The third-order valence-electron chi connectivity index (χ3n) is 2.99.